The van der Waals surface area contributed by atoms with E-state index in [4.69, 9.17) is 9.15 Å². The topological polar surface area (TPSA) is 56.5 Å². The lowest BCUT2D eigenvalue weighted by Crippen LogP contribution is -2.63. The van der Waals surface area contributed by atoms with E-state index < -0.39 is 5.60 Å². The molecule has 4 nitrogen and oxygen atoms in total. The molecule has 4 aliphatic rings. The van der Waals surface area contributed by atoms with Crippen molar-refractivity contribution < 1.29 is 13.9 Å². The van der Waals surface area contributed by atoms with E-state index in [1.807, 2.05) is 19.9 Å². The second kappa shape index (κ2) is 6.34. The SMILES string of the molecule is CC1=CC(=O)C=C[C@@]2(C)C1CC[C@]1(C)C2CC=C(C)[C@@]12Cc1c(c(C)c(C)oc1=O)O2. The monoisotopic (exact) mass is 420 g/mol. The van der Waals surface area contributed by atoms with Gasteiger partial charge in [0.1, 0.15) is 17.1 Å². The van der Waals surface area contributed by atoms with E-state index in [9.17, 15) is 9.59 Å². The molecule has 31 heavy (non-hydrogen) atoms. The molecule has 0 amide bonds. The molecule has 2 unspecified atom stereocenters. The minimum atomic E-state index is -0.554. The first-order chi connectivity index (χ1) is 14.5. The van der Waals surface area contributed by atoms with Crippen LogP contribution in [0, 0.1) is 36.5 Å². The van der Waals surface area contributed by atoms with Crippen LogP contribution in [0.4, 0.5) is 0 Å². The zero-order valence-corrected chi connectivity index (χ0v) is 19.4. The fourth-order valence-corrected chi connectivity index (χ4v) is 7.40. The van der Waals surface area contributed by atoms with Crippen LogP contribution in [0.5, 0.6) is 5.75 Å². The van der Waals surface area contributed by atoms with Gasteiger partial charge in [0.2, 0.25) is 0 Å². The first-order valence-electron chi connectivity index (χ1n) is 11.4. The number of fused-ring (bicyclic) bond motifs is 5. The normalized spacial score (nSPS) is 38.6. The maximum absolute atomic E-state index is 12.8. The minimum absolute atomic E-state index is 0.0836. The van der Waals surface area contributed by atoms with Crippen molar-refractivity contribution in [2.45, 2.75) is 72.8 Å². The Morgan fingerprint density at radius 2 is 1.84 bits per heavy atom. The van der Waals surface area contributed by atoms with Gasteiger partial charge in [0.25, 0.3) is 0 Å². The summed E-state index contributed by atoms with van der Waals surface area (Å²) in [6.45, 7) is 12.7. The van der Waals surface area contributed by atoms with E-state index in [1.165, 1.54) is 11.1 Å². The second-order valence-electron chi connectivity index (χ2n) is 10.7. The van der Waals surface area contributed by atoms with E-state index in [0.29, 0.717) is 29.6 Å². The average molecular weight is 421 g/mol. The number of carbonyl (C=O) groups is 1. The zero-order chi connectivity index (χ0) is 22.3. The van der Waals surface area contributed by atoms with E-state index in [-0.39, 0.29) is 22.2 Å². The lowest BCUT2D eigenvalue weighted by atomic mass is 9.43. The van der Waals surface area contributed by atoms with Crippen molar-refractivity contribution in [3.63, 3.8) is 0 Å². The van der Waals surface area contributed by atoms with E-state index >= 15 is 0 Å². The summed E-state index contributed by atoms with van der Waals surface area (Å²) >= 11 is 0. The molecule has 1 aliphatic heterocycles. The standard InChI is InChI=1S/C27H32O4/c1-15-13-19(28)9-11-25(5)21(15)10-12-26(6)22(25)8-7-16(2)27(26)14-20-23(31-27)17(3)18(4)30-24(20)29/h7,9,11,13,21-22H,8,10,12,14H2,1-6H3/t21?,22?,25-,26+,27-/m0/s1. The fraction of sp³-hybridized carbons (Fsp3) is 0.556. The van der Waals surface area contributed by atoms with Gasteiger partial charge in [0, 0.05) is 17.4 Å². The highest BCUT2D eigenvalue weighted by Gasteiger charge is 2.66. The van der Waals surface area contributed by atoms with Crippen LogP contribution >= 0.6 is 0 Å². The number of allylic oxidation sites excluding steroid dienone is 5. The van der Waals surface area contributed by atoms with Gasteiger partial charge < -0.3 is 9.15 Å². The zero-order valence-electron chi connectivity index (χ0n) is 19.4. The van der Waals surface area contributed by atoms with Crippen molar-refractivity contribution in [1.29, 1.82) is 0 Å². The van der Waals surface area contributed by atoms with Gasteiger partial charge in [-0.05, 0) is 81.9 Å². The molecule has 5 rings (SSSR count). The summed E-state index contributed by atoms with van der Waals surface area (Å²) in [6.07, 6.45) is 11.6. The maximum atomic E-state index is 12.8. The molecule has 0 saturated heterocycles. The molecule has 3 aliphatic carbocycles. The molecule has 5 atom stereocenters. The molecule has 164 valence electrons. The Morgan fingerprint density at radius 1 is 1.10 bits per heavy atom. The molecule has 0 radical (unpaired) electrons. The van der Waals surface area contributed by atoms with E-state index in [0.717, 1.165) is 30.6 Å². The molecule has 0 bridgehead atoms. The first-order valence-corrected chi connectivity index (χ1v) is 11.4. The molecule has 1 fully saturated rings. The lowest BCUT2D eigenvalue weighted by Gasteiger charge is -2.62. The van der Waals surface area contributed by atoms with Crippen molar-refractivity contribution >= 4 is 5.78 Å². The smallest absolute Gasteiger partial charge is 0.343 e. The fourth-order valence-electron chi connectivity index (χ4n) is 7.40. The highest BCUT2D eigenvalue weighted by molar-refractivity contribution is 6.00. The average Bonchev–Trinajstić information content (AvgIpc) is 3.08. The van der Waals surface area contributed by atoms with Crippen LogP contribution in [0.3, 0.4) is 0 Å². The van der Waals surface area contributed by atoms with Gasteiger partial charge in [-0.25, -0.2) is 4.79 Å². The summed E-state index contributed by atoms with van der Waals surface area (Å²) in [5.41, 5.74) is 2.85. The maximum Gasteiger partial charge on any atom is 0.343 e. The summed E-state index contributed by atoms with van der Waals surface area (Å²) in [4.78, 5) is 25.1. The Hall–Kier alpha value is -2.36. The van der Waals surface area contributed by atoms with Gasteiger partial charge >= 0.3 is 5.63 Å². The van der Waals surface area contributed by atoms with Gasteiger partial charge in [-0.15, -0.1) is 0 Å². The Labute approximate surface area is 184 Å². The number of aryl methyl sites for hydroxylation is 1. The third kappa shape index (κ3) is 2.48. The quantitative estimate of drug-likeness (QED) is 0.527. The number of carbonyl (C=O) groups excluding carboxylic acids is 1. The van der Waals surface area contributed by atoms with Crippen LogP contribution in [-0.4, -0.2) is 11.4 Å². The molecule has 1 saturated carbocycles. The molecule has 1 aromatic rings. The van der Waals surface area contributed by atoms with Gasteiger partial charge in [0.05, 0.1) is 5.56 Å². The van der Waals surface area contributed by atoms with Crippen LogP contribution in [0.2, 0.25) is 0 Å². The first kappa shape index (κ1) is 20.5. The van der Waals surface area contributed by atoms with Crippen molar-refractivity contribution in [3.8, 4) is 5.75 Å². The van der Waals surface area contributed by atoms with Gasteiger partial charge in [-0.3, -0.25) is 4.79 Å². The molecule has 1 spiro atoms. The van der Waals surface area contributed by atoms with Crippen LogP contribution < -0.4 is 10.4 Å². The summed E-state index contributed by atoms with van der Waals surface area (Å²) < 4.78 is 12.4. The number of hydrogen-bond donors (Lipinski definition) is 0. The minimum Gasteiger partial charge on any atom is -0.481 e. The Bertz CT molecular complexity index is 1150. The summed E-state index contributed by atoms with van der Waals surface area (Å²) in [5, 5.41) is 0. The van der Waals surface area contributed by atoms with Gasteiger partial charge in [-0.2, -0.15) is 0 Å². The highest BCUT2D eigenvalue weighted by Crippen LogP contribution is 2.67. The summed E-state index contributed by atoms with van der Waals surface area (Å²) in [7, 11) is 0. The van der Waals surface area contributed by atoms with E-state index in [2.05, 4.69) is 39.8 Å². The lowest BCUT2D eigenvalue weighted by molar-refractivity contribution is -0.124. The van der Waals surface area contributed by atoms with Crippen molar-refractivity contribution in [2.75, 3.05) is 0 Å². The Balaban J connectivity index is 1.68. The number of hydrogen-bond acceptors (Lipinski definition) is 4. The largest absolute Gasteiger partial charge is 0.481 e. The van der Waals surface area contributed by atoms with E-state index in [1.54, 1.807) is 6.08 Å². The molecule has 4 heteroatoms. The summed E-state index contributed by atoms with van der Waals surface area (Å²) in [5.74, 6) is 2.07. The second-order valence-corrected chi connectivity index (χ2v) is 10.7. The Morgan fingerprint density at radius 3 is 2.58 bits per heavy atom. The molecule has 2 heterocycles. The molecular weight excluding hydrogens is 388 g/mol. The predicted molar refractivity (Wildman–Crippen MR) is 120 cm³/mol. The predicted octanol–water partition coefficient (Wildman–Crippen LogP) is 5.40. The number of rotatable bonds is 0. The van der Waals surface area contributed by atoms with Gasteiger partial charge in [-0.1, -0.05) is 31.6 Å². The third-order valence-electron chi connectivity index (χ3n) is 9.31. The van der Waals surface area contributed by atoms with Crippen LogP contribution in [0.15, 0.2) is 44.7 Å². The van der Waals surface area contributed by atoms with Crippen LogP contribution in [-0.2, 0) is 11.2 Å². The summed E-state index contributed by atoms with van der Waals surface area (Å²) in [6, 6.07) is 0. The molecule has 0 aromatic carbocycles. The molecule has 1 aromatic heterocycles. The van der Waals surface area contributed by atoms with Crippen LogP contribution in [0.1, 0.15) is 63.8 Å². The highest BCUT2D eigenvalue weighted by atomic mass is 16.5. The van der Waals surface area contributed by atoms with Crippen molar-refractivity contribution in [3.05, 3.63) is 62.8 Å². The number of ether oxygens (including phenoxy) is 1. The third-order valence-corrected chi connectivity index (χ3v) is 9.31. The number of ketones is 1. The van der Waals surface area contributed by atoms with Gasteiger partial charge in [0.15, 0.2) is 5.78 Å². The van der Waals surface area contributed by atoms with Crippen LogP contribution in [0.25, 0.3) is 0 Å². The molecular formula is C27H32O4. The Kier molecular flexibility index (Phi) is 4.20. The molecule has 0 N–H and O–H groups in total. The van der Waals surface area contributed by atoms with Crippen molar-refractivity contribution in [1.82, 2.24) is 0 Å². The van der Waals surface area contributed by atoms with Crippen molar-refractivity contribution in [2.24, 2.45) is 22.7 Å².